The molecule has 0 atom stereocenters. The van der Waals surface area contributed by atoms with E-state index >= 15 is 0 Å². The molecule has 1 nitrogen and oxygen atoms in total. The Morgan fingerprint density at radius 1 is 1.23 bits per heavy atom. The van der Waals surface area contributed by atoms with Gasteiger partial charge in [0, 0.05) is 11.8 Å². The molecule has 13 heavy (non-hydrogen) atoms. The summed E-state index contributed by atoms with van der Waals surface area (Å²) in [5, 5.41) is 0. The number of rotatable bonds is 4. The van der Waals surface area contributed by atoms with E-state index in [1.54, 1.807) is 0 Å². The van der Waals surface area contributed by atoms with Gasteiger partial charge in [0.2, 0.25) is 0 Å². The van der Waals surface area contributed by atoms with Crippen LogP contribution in [0.25, 0.3) is 0 Å². The molecular formula is C10H16Cl2O. The van der Waals surface area contributed by atoms with Gasteiger partial charge in [0.15, 0.2) is 10.1 Å². The Hall–Kier alpha value is 0.250. The third-order valence-corrected chi connectivity index (χ3v) is 4.20. The van der Waals surface area contributed by atoms with Gasteiger partial charge in [-0.05, 0) is 12.8 Å². The van der Waals surface area contributed by atoms with Crippen LogP contribution >= 0.6 is 23.2 Å². The van der Waals surface area contributed by atoms with Gasteiger partial charge in [0.25, 0.3) is 0 Å². The van der Waals surface area contributed by atoms with E-state index in [1.165, 1.54) is 0 Å². The van der Waals surface area contributed by atoms with Crippen LogP contribution in [-0.4, -0.2) is 10.1 Å². The van der Waals surface area contributed by atoms with Crippen molar-refractivity contribution >= 4 is 29.0 Å². The maximum atomic E-state index is 11.3. The first-order chi connectivity index (χ1) is 6.00. The van der Waals surface area contributed by atoms with Crippen LogP contribution < -0.4 is 0 Å². The molecule has 1 saturated carbocycles. The summed E-state index contributed by atoms with van der Waals surface area (Å²) in [4.78, 5) is 11.3. The Bertz CT molecular complexity index is 205. The zero-order valence-electron chi connectivity index (χ0n) is 8.20. The Morgan fingerprint density at radius 2 is 1.69 bits per heavy atom. The molecule has 0 radical (unpaired) electrons. The zero-order valence-corrected chi connectivity index (χ0v) is 9.71. The Morgan fingerprint density at radius 3 is 1.92 bits per heavy atom. The molecule has 0 N–H and O–H groups in total. The summed E-state index contributed by atoms with van der Waals surface area (Å²) in [6, 6.07) is 0. The van der Waals surface area contributed by atoms with E-state index in [0.29, 0.717) is 6.42 Å². The maximum absolute atomic E-state index is 11.3. The van der Waals surface area contributed by atoms with E-state index in [2.05, 4.69) is 13.8 Å². The molecular weight excluding hydrogens is 207 g/mol. The van der Waals surface area contributed by atoms with Crippen LogP contribution in [0.5, 0.6) is 0 Å². The lowest BCUT2D eigenvalue weighted by molar-refractivity contribution is -0.135. The largest absolute Gasteiger partial charge is 0.296 e. The van der Waals surface area contributed by atoms with Crippen molar-refractivity contribution in [3.05, 3.63) is 0 Å². The minimum atomic E-state index is -1.10. The molecule has 1 rings (SSSR count). The molecule has 76 valence electrons. The highest BCUT2D eigenvalue weighted by Gasteiger charge is 2.62. The van der Waals surface area contributed by atoms with Crippen LogP contribution in [0.3, 0.4) is 0 Å². The zero-order chi connectivity index (χ0) is 10.1. The molecule has 0 unspecified atom stereocenters. The van der Waals surface area contributed by atoms with Crippen LogP contribution in [-0.2, 0) is 4.79 Å². The number of hydrogen-bond donors (Lipinski definition) is 0. The third kappa shape index (κ3) is 1.61. The summed E-state index contributed by atoms with van der Waals surface area (Å²) < 4.78 is -1.10. The van der Waals surface area contributed by atoms with Crippen molar-refractivity contribution in [2.45, 2.75) is 50.3 Å². The van der Waals surface area contributed by atoms with Gasteiger partial charge >= 0.3 is 0 Å². The smallest absolute Gasteiger partial charge is 0.181 e. The first kappa shape index (κ1) is 11.3. The van der Waals surface area contributed by atoms with Crippen LogP contribution in [0.1, 0.15) is 46.0 Å². The summed E-state index contributed by atoms with van der Waals surface area (Å²) in [5.74, 6) is -0.00210. The van der Waals surface area contributed by atoms with Gasteiger partial charge in [-0.3, -0.25) is 4.79 Å². The summed E-state index contributed by atoms with van der Waals surface area (Å²) in [7, 11) is 0. The SMILES string of the molecule is CCCC1(CCC)CC(=O)C1(Cl)Cl. The molecule has 0 aliphatic heterocycles. The highest BCUT2D eigenvalue weighted by atomic mass is 35.5. The van der Waals surface area contributed by atoms with E-state index in [-0.39, 0.29) is 11.2 Å². The number of carbonyl (C=O) groups excluding carboxylic acids is 1. The van der Waals surface area contributed by atoms with Crippen LogP contribution in [0.2, 0.25) is 0 Å². The first-order valence-corrected chi connectivity index (χ1v) is 5.67. The van der Waals surface area contributed by atoms with Gasteiger partial charge in [0.05, 0.1) is 0 Å². The number of hydrogen-bond acceptors (Lipinski definition) is 1. The second kappa shape index (κ2) is 3.78. The van der Waals surface area contributed by atoms with Crippen LogP contribution in [0, 0.1) is 5.41 Å². The maximum Gasteiger partial charge on any atom is 0.181 e. The van der Waals surface area contributed by atoms with Crippen molar-refractivity contribution in [1.82, 2.24) is 0 Å². The van der Waals surface area contributed by atoms with Crippen molar-refractivity contribution in [1.29, 1.82) is 0 Å². The number of carbonyl (C=O) groups is 1. The highest BCUT2D eigenvalue weighted by molar-refractivity contribution is 6.61. The van der Waals surface area contributed by atoms with Gasteiger partial charge in [-0.2, -0.15) is 0 Å². The molecule has 0 aromatic heterocycles. The summed E-state index contributed by atoms with van der Waals surface area (Å²) >= 11 is 12.1. The lowest BCUT2D eigenvalue weighted by atomic mass is 9.62. The Kier molecular flexibility index (Phi) is 3.29. The van der Waals surface area contributed by atoms with E-state index < -0.39 is 4.33 Å². The first-order valence-electron chi connectivity index (χ1n) is 4.91. The number of ketones is 1. The molecule has 0 amide bonds. The second-order valence-electron chi connectivity index (χ2n) is 3.95. The fourth-order valence-electron chi connectivity index (χ4n) is 2.29. The van der Waals surface area contributed by atoms with Crippen molar-refractivity contribution in [3.8, 4) is 0 Å². The van der Waals surface area contributed by atoms with Gasteiger partial charge < -0.3 is 0 Å². The van der Waals surface area contributed by atoms with Crippen molar-refractivity contribution in [2.24, 2.45) is 5.41 Å². The number of halogens is 2. The highest BCUT2D eigenvalue weighted by Crippen LogP contribution is 2.59. The fourth-order valence-corrected chi connectivity index (χ4v) is 2.94. The molecule has 0 aromatic rings. The minimum absolute atomic E-state index is 0.00210. The second-order valence-corrected chi connectivity index (χ2v) is 5.28. The minimum Gasteiger partial charge on any atom is -0.296 e. The van der Waals surface area contributed by atoms with Crippen LogP contribution in [0.4, 0.5) is 0 Å². The summed E-state index contributed by atoms with van der Waals surface area (Å²) in [5.41, 5.74) is -0.128. The van der Waals surface area contributed by atoms with Gasteiger partial charge in [0.1, 0.15) is 0 Å². The predicted octanol–water partition coefficient (Wildman–Crippen LogP) is 3.72. The predicted molar refractivity (Wildman–Crippen MR) is 56.3 cm³/mol. The number of alkyl halides is 2. The quantitative estimate of drug-likeness (QED) is 0.664. The van der Waals surface area contributed by atoms with Crippen molar-refractivity contribution in [2.75, 3.05) is 0 Å². The molecule has 1 aliphatic rings. The topological polar surface area (TPSA) is 17.1 Å². The van der Waals surface area contributed by atoms with Gasteiger partial charge in [-0.1, -0.05) is 49.9 Å². The average Bonchev–Trinajstić information content (AvgIpc) is 2.05. The molecule has 0 bridgehead atoms. The normalized spacial score (nSPS) is 24.2. The fraction of sp³-hybridized carbons (Fsp3) is 0.900. The summed E-state index contributed by atoms with van der Waals surface area (Å²) in [6.07, 6.45) is 4.56. The van der Waals surface area contributed by atoms with Gasteiger partial charge in [-0.15, -0.1) is 0 Å². The summed E-state index contributed by atoms with van der Waals surface area (Å²) in [6.45, 7) is 4.20. The Labute approximate surface area is 89.8 Å². The lowest BCUT2D eigenvalue weighted by Gasteiger charge is -2.50. The molecule has 1 fully saturated rings. The van der Waals surface area contributed by atoms with E-state index in [9.17, 15) is 4.79 Å². The molecule has 0 aromatic carbocycles. The van der Waals surface area contributed by atoms with E-state index in [1.807, 2.05) is 0 Å². The van der Waals surface area contributed by atoms with E-state index in [4.69, 9.17) is 23.2 Å². The molecule has 0 saturated heterocycles. The van der Waals surface area contributed by atoms with Crippen LogP contribution in [0.15, 0.2) is 0 Å². The Balaban J connectivity index is 2.76. The average molecular weight is 223 g/mol. The molecule has 3 heteroatoms. The van der Waals surface area contributed by atoms with Gasteiger partial charge in [-0.25, -0.2) is 0 Å². The molecule has 1 aliphatic carbocycles. The van der Waals surface area contributed by atoms with E-state index in [0.717, 1.165) is 25.7 Å². The molecule has 0 spiro atoms. The van der Waals surface area contributed by atoms with Crippen molar-refractivity contribution < 1.29 is 4.79 Å². The lowest BCUT2D eigenvalue weighted by Crippen LogP contribution is -2.57. The number of Topliss-reactive ketones (excluding diaryl/α,β-unsaturated/α-hetero) is 1. The monoisotopic (exact) mass is 222 g/mol. The third-order valence-electron chi connectivity index (χ3n) is 2.97. The molecule has 0 heterocycles. The standard InChI is InChI=1S/C10H16Cl2O/c1-3-5-9(6-4-2)7-8(13)10(9,11)12/h3-7H2,1-2H3. The van der Waals surface area contributed by atoms with Crippen molar-refractivity contribution in [3.63, 3.8) is 0 Å².